The zero-order valence-electron chi connectivity index (χ0n) is 13.2. The SMILES string of the molecule is CCCCCNC(=NC)NCC(C)Oc1ccccc1F. The molecule has 1 aromatic carbocycles. The van der Waals surface area contributed by atoms with Gasteiger partial charge in [0.1, 0.15) is 6.10 Å². The first-order chi connectivity index (χ1) is 10.2. The highest BCUT2D eigenvalue weighted by Gasteiger charge is 2.08. The number of nitrogens with zero attached hydrogens (tertiary/aromatic N) is 1. The molecule has 5 heteroatoms. The second-order valence-corrected chi connectivity index (χ2v) is 4.95. The van der Waals surface area contributed by atoms with Gasteiger partial charge in [-0.15, -0.1) is 0 Å². The Kier molecular flexibility index (Phi) is 8.24. The van der Waals surface area contributed by atoms with E-state index in [1.807, 2.05) is 6.92 Å². The van der Waals surface area contributed by atoms with Crippen LogP contribution in [0.25, 0.3) is 0 Å². The Bertz CT molecular complexity index is 437. The Morgan fingerprint density at radius 3 is 2.71 bits per heavy atom. The predicted molar refractivity (Wildman–Crippen MR) is 85.4 cm³/mol. The topological polar surface area (TPSA) is 45.7 Å². The highest BCUT2D eigenvalue weighted by molar-refractivity contribution is 5.79. The molecule has 0 saturated heterocycles. The van der Waals surface area contributed by atoms with E-state index in [-0.39, 0.29) is 17.7 Å². The monoisotopic (exact) mass is 295 g/mol. The van der Waals surface area contributed by atoms with Crippen LogP contribution in [-0.2, 0) is 0 Å². The largest absolute Gasteiger partial charge is 0.486 e. The van der Waals surface area contributed by atoms with Gasteiger partial charge in [-0.05, 0) is 25.5 Å². The third-order valence-corrected chi connectivity index (χ3v) is 3.02. The van der Waals surface area contributed by atoms with Crippen molar-refractivity contribution in [1.29, 1.82) is 0 Å². The second-order valence-electron chi connectivity index (χ2n) is 4.95. The molecule has 0 radical (unpaired) electrons. The molecular formula is C16H26FN3O. The summed E-state index contributed by atoms with van der Waals surface area (Å²) in [5, 5.41) is 6.42. The number of rotatable bonds is 8. The quantitative estimate of drug-likeness (QED) is 0.440. The zero-order chi connectivity index (χ0) is 15.5. The molecule has 0 heterocycles. The highest BCUT2D eigenvalue weighted by Crippen LogP contribution is 2.16. The molecule has 1 rings (SSSR count). The number of nitrogens with one attached hydrogen (secondary N) is 2. The Balaban J connectivity index is 2.31. The first-order valence-electron chi connectivity index (χ1n) is 7.53. The molecule has 0 aliphatic heterocycles. The average Bonchev–Trinajstić information content (AvgIpc) is 2.49. The van der Waals surface area contributed by atoms with Gasteiger partial charge in [-0.2, -0.15) is 0 Å². The number of halogens is 1. The Labute approximate surface area is 126 Å². The molecule has 21 heavy (non-hydrogen) atoms. The maximum Gasteiger partial charge on any atom is 0.191 e. The predicted octanol–water partition coefficient (Wildman–Crippen LogP) is 2.95. The summed E-state index contributed by atoms with van der Waals surface area (Å²) in [7, 11) is 1.73. The lowest BCUT2D eigenvalue weighted by atomic mass is 10.2. The fourth-order valence-corrected chi connectivity index (χ4v) is 1.84. The summed E-state index contributed by atoms with van der Waals surface area (Å²) in [6.07, 6.45) is 3.37. The lowest BCUT2D eigenvalue weighted by Gasteiger charge is -2.18. The Morgan fingerprint density at radius 1 is 1.29 bits per heavy atom. The smallest absolute Gasteiger partial charge is 0.191 e. The molecule has 1 aromatic rings. The van der Waals surface area contributed by atoms with Crippen LogP contribution in [0, 0.1) is 5.82 Å². The van der Waals surface area contributed by atoms with Crippen LogP contribution in [0.2, 0.25) is 0 Å². The number of para-hydroxylation sites is 1. The van der Waals surface area contributed by atoms with Gasteiger partial charge in [0.05, 0.1) is 6.54 Å². The molecule has 0 aliphatic carbocycles. The van der Waals surface area contributed by atoms with Crippen molar-refractivity contribution in [1.82, 2.24) is 10.6 Å². The van der Waals surface area contributed by atoms with Crippen molar-refractivity contribution in [2.75, 3.05) is 20.1 Å². The zero-order valence-corrected chi connectivity index (χ0v) is 13.2. The average molecular weight is 295 g/mol. The molecule has 118 valence electrons. The van der Waals surface area contributed by atoms with E-state index < -0.39 is 0 Å². The molecule has 4 nitrogen and oxygen atoms in total. The number of aliphatic imine (C=N–C) groups is 1. The summed E-state index contributed by atoms with van der Waals surface area (Å²) in [5.74, 6) is 0.680. The van der Waals surface area contributed by atoms with Crippen LogP contribution in [0.15, 0.2) is 29.3 Å². The van der Waals surface area contributed by atoms with E-state index in [9.17, 15) is 4.39 Å². The molecule has 0 spiro atoms. The van der Waals surface area contributed by atoms with Gasteiger partial charge >= 0.3 is 0 Å². The molecule has 1 unspecified atom stereocenters. The maximum absolute atomic E-state index is 13.5. The van der Waals surface area contributed by atoms with Gasteiger partial charge in [0.25, 0.3) is 0 Å². The van der Waals surface area contributed by atoms with Crippen molar-refractivity contribution in [3.63, 3.8) is 0 Å². The van der Waals surface area contributed by atoms with Crippen molar-refractivity contribution in [2.24, 2.45) is 4.99 Å². The number of hydrogen-bond donors (Lipinski definition) is 2. The third-order valence-electron chi connectivity index (χ3n) is 3.02. The van der Waals surface area contributed by atoms with Gasteiger partial charge in [-0.1, -0.05) is 31.9 Å². The maximum atomic E-state index is 13.5. The molecular weight excluding hydrogens is 269 g/mol. The van der Waals surface area contributed by atoms with Crippen molar-refractivity contribution in [3.8, 4) is 5.75 Å². The number of unbranched alkanes of at least 4 members (excludes halogenated alkanes) is 2. The Morgan fingerprint density at radius 2 is 2.05 bits per heavy atom. The number of ether oxygens (including phenoxy) is 1. The van der Waals surface area contributed by atoms with Crippen molar-refractivity contribution >= 4 is 5.96 Å². The lowest BCUT2D eigenvalue weighted by Crippen LogP contribution is -2.42. The molecule has 2 N–H and O–H groups in total. The molecule has 0 bridgehead atoms. The summed E-state index contributed by atoms with van der Waals surface area (Å²) < 4.78 is 19.0. The second kappa shape index (κ2) is 10.0. The van der Waals surface area contributed by atoms with Crippen LogP contribution >= 0.6 is 0 Å². The van der Waals surface area contributed by atoms with Gasteiger partial charge in [0.15, 0.2) is 17.5 Å². The molecule has 1 atom stereocenters. The fourth-order valence-electron chi connectivity index (χ4n) is 1.84. The van der Waals surface area contributed by atoms with Crippen molar-refractivity contribution in [3.05, 3.63) is 30.1 Å². The number of benzene rings is 1. The van der Waals surface area contributed by atoms with Gasteiger partial charge in [0.2, 0.25) is 0 Å². The first kappa shape index (κ1) is 17.3. The summed E-state index contributed by atoms with van der Waals surface area (Å²) in [4.78, 5) is 4.15. The van der Waals surface area contributed by atoms with E-state index in [2.05, 4.69) is 22.5 Å². The molecule has 0 aliphatic rings. The Hall–Kier alpha value is -1.78. The number of guanidine groups is 1. The highest BCUT2D eigenvalue weighted by atomic mass is 19.1. The molecule has 0 amide bonds. The van der Waals surface area contributed by atoms with Crippen molar-refractivity contribution in [2.45, 2.75) is 39.2 Å². The van der Waals surface area contributed by atoms with E-state index in [1.165, 1.54) is 18.9 Å². The van der Waals surface area contributed by atoms with Gasteiger partial charge in [-0.3, -0.25) is 4.99 Å². The van der Waals surface area contributed by atoms with Crippen LogP contribution in [0.3, 0.4) is 0 Å². The van der Waals surface area contributed by atoms with E-state index in [4.69, 9.17) is 4.74 Å². The summed E-state index contributed by atoms with van der Waals surface area (Å²) in [6.45, 7) is 5.52. The summed E-state index contributed by atoms with van der Waals surface area (Å²) >= 11 is 0. The van der Waals surface area contributed by atoms with Crippen LogP contribution in [0.5, 0.6) is 5.75 Å². The molecule has 0 fully saturated rings. The summed E-state index contributed by atoms with van der Waals surface area (Å²) in [5.41, 5.74) is 0. The first-order valence-corrected chi connectivity index (χ1v) is 7.53. The van der Waals surface area contributed by atoms with Crippen LogP contribution in [-0.4, -0.2) is 32.2 Å². The van der Waals surface area contributed by atoms with Gasteiger partial charge in [0, 0.05) is 13.6 Å². The normalized spacial score (nSPS) is 12.9. The third kappa shape index (κ3) is 6.97. The summed E-state index contributed by atoms with van der Waals surface area (Å²) in [6, 6.07) is 6.42. The van der Waals surface area contributed by atoms with Crippen molar-refractivity contribution < 1.29 is 9.13 Å². The van der Waals surface area contributed by atoms with Crippen LogP contribution in [0.1, 0.15) is 33.1 Å². The minimum absolute atomic E-state index is 0.156. The minimum Gasteiger partial charge on any atom is -0.486 e. The fraction of sp³-hybridized carbons (Fsp3) is 0.562. The van der Waals surface area contributed by atoms with Crippen LogP contribution in [0.4, 0.5) is 4.39 Å². The van der Waals surface area contributed by atoms with E-state index >= 15 is 0 Å². The molecule has 0 saturated carbocycles. The number of hydrogen-bond acceptors (Lipinski definition) is 2. The van der Waals surface area contributed by atoms with E-state index in [0.29, 0.717) is 6.54 Å². The van der Waals surface area contributed by atoms with Gasteiger partial charge in [-0.25, -0.2) is 4.39 Å². The standard InChI is InChI=1S/C16H26FN3O/c1-4-5-8-11-19-16(18-3)20-12-13(2)21-15-10-7-6-9-14(15)17/h6-7,9-10,13H,4-5,8,11-12H2,1-3H3,(H2,18,19,20). The van der Waals surface area contributed by atoms with E-state index in [1.54, 1.807) is 25.2 Å². The minimum atomic E-state index is -0.341. The van der Waals surface area contributed by atoms with E-state index in [0.717, 1.165) is 18.9 Å². The van der Waals surface area contributed by atoms with Crippen LogP contribution < -0.4 is 15.4 Å². The van der Waals surface area contributed by atoms with Gasteiger partial charge < -0.3 is 15.4 Å². The lowest BCUT2D eigenvalue weighted by molar-refractivity contribution is 0.214. The molecule has 0 aromatic heterocycles.